The number of hydrogen-bond donors (Lipinski definition) is 3. The van der Waals surface area contributed by atoms with Crippen molar-refractivity contribution in [2.24, 2.45) is 0 Å². The van der Waals surface area contributed by atoms with Gasteiger partial charge in [-0.05, 0) is 51.1 Å². The van der Waals surface area contributed by atoms with E-state index in [9.17, 15) is 13.2 Å². The lowest BCUT2D eigenvalue weighted by atomic mass is 10.1. The third-order valence-corrected chi connectivity index (χ3v) is 8.09. The third-order valence-electron chi connectivity index (χ3n) is 4.93. The molecule has 0 unspecified atom stereocenters. The topological polar surface area (TPSA) is 134 Å². The molecule has 1 aliphatic rings. The summed E-state index contributed by atoms with van der Waals surface area (Å²) in [4.78, 5) is 22.1. The van der Waals surface area contributed by atoms with Crippen molar-refractivity contribution in [1.29, 1.82) is 5.41 Å². The van der Waals surface area contributed by atoms with Gasteiger partial charge in [0.15, 0.2) is 15.0 Å². The number of benzene rings is 1. The molecule has 1 saturated carbocycles. The molecule has 9 nitrogen and oxygen atoms in total. The van der Waals surface area contributed by atoms with Crippen LogP contribution in [0.4, 0.5) is 5.13 Å². The molecule has 3 aromatic rings. The summed E-state index contributed by atoms with van der Waals surface area (Å²) in [7, 11) is -1.42. The summed E-state index contributed by atoms with van der Waals surface area (Å²) in [6.45, 7) is 1.39. The number of carbonyl (C=O) groups is 1. The van der Waals surface area contributed by atoms with Crippen LogP contribution in [0.25, 0.3) is 10.3 Å². The monoisotopic (exact) mass is 473 g/mol. The highest BCUT2D eigenvalue weighted by Gasteiger charge is 2.36. The maximum absolute atomic E-state index is 12.5. The highest BCUT2D eigenvalue weighted by atomic mass is 32.2. The molecule has 1 aromatic carbocycles. The van der Waals surface area contributed by atoms with Crippen molar-refractivity contribution in [1.82, 2.24) is 15.3 Å². The van der Waals surface area contributed by atoms with Gasteiger partial charge in [0.1, 0.15) is 16.1 Å². The van der Waals surface area contributed by atoms with Crippen molar-refractivity contribution >= 4 is 48.3 Å². The molecule has 168 valence electrons. The number of fused-ring (bicyclic) bond motifs is 1. The van der Waals surface area contributed by atoms with Crippen LogP contribution in [-0.4, -0.2) is 55.5 Å². The molecule has 0 atom stereocenters. The number of sulfone groups is 1. The van der Waals surface area contributed by atoms with E-state index >= 15 is 0 Å². The third kappa shape index (κ3) is 4.95. The number of rotatable bonds is 10. The second-order valence-electron chi connectivity index (χ2n) is 7.40. The summed E-state index contributed by atoms with van der Waals surface area (Å²) >= 11 is 1.19. The average Bonchev–Trinajstić information content (AvgIpc) is 3.58. The quantitative estimate of drug-likeness (QED) is 0.304. The fourth-order valence-electron chi connectivity index (χ4n) is 3.03. The van der Waals surface area contributed by atoms with E-state index in [2.05, 4.69) is 20.6 Å². The number of carbonyl (C=O) groups excluding carboxylic acids is 1. The summed E-state index contributed by atoms with van der Waals surface area (Å²) in [5.74, 6) is -0.144. The molecule has 0 saturated heterocycles. The van der Waals surface area contributed by atoms with Gasteiger partial charge < -0.3 is 10.1 Å². The van der Waals surface area contributed by atoms with Gasteiger partial charge in [0.25, 0.3) is 5.91 Å². The number of nitrogens with one attached hydrogen (secondary N) is 3. The highest BCUT2D eigenvalue weighted by Crippen LogP contribution is 2.33. The first kappa shape index (κ1) is 22.3. The Morgan fingerprint density at radius 1 is 1.19 bits per heavy atom. The average molecular weight is 474 g/mol. The first-order chi connectivity index (χ1) is 15.4. The zero-order valence-corrected chi connectivity index (χ0v) is 19.1. The van der Waals surface area contributed by atoms with Crippen molar-refractivity contribution in [3.05, 3.63) is 42.0 Å². The minimum Gasteiger partial charge on any atom is -0.478 e. The molecule has 32 heavy (non-hydrogen) atoms. The lowest BCUT2D eigenvalue weighted by Crippen LogP contribution is -2.22. The number of hydrogen-bond acceptors (Lipinski definition) is 9. The van der Waals surface area contributed by atoms with Crippen LogP contribution in [0, 0.1) is 5.41 Å². The predicted octanol–water partition coefficient (Wildman–Crippen LogP) is 2.62. The van der Waals surface area contributed by atoms with Crippen LogP contribution < -0.4 is 15.4 Å². The molecule has 4 rings (SSSR count). The van der Waals surface area contributed by atoms with Crippen molar-refractivity contribution in [2.45, 2.75) is 29.4 Å². The number of nitrogens with zero attached hydrogens (tertiary/aromatic N) is 2. The lowest BCUT2D eigenvalue weighted by molar-refractivity contribution is -0.110. The van der Waals surface area contributed by atoms with Gasteiger partial charge in [-0.25, -0.2) is 18.4 Å². The van der Waals surface area contributed by atoms with Crippen LogP contribution in [0.5, 0.6) is 5.88 Å². The van der Waals surface area contributed by atoms with E-state index in [1.54, 1.807) is 12.1 Å². The summed E-state index contributed by atoms with van der Waals surface area (Å²) < 4.78 is 30.2. The van der Waals surface area contributed by atoms with Crippen LogP contribution in [-0.2, 0) is 14.6 Å². The number of aromatic nitrogens is 2. The molecule has 1 amide bonds. The van der Waals surface area contributed by atoms with E-state index in [1.807, 2.05) is 7.05 Å². The number of anilines is 1. The van der Waals surface area contributed by atoms with E-state index in [0.717, 1.165) is 13.0 Å². The van der Waals surface area contributed by atoms with Crippen molar-refractivity contribution in [2.75, 3.05) is 25.5 Å². The van der Waals surface area contributed by atoms with Crippen LogP contribution in [0.15, 0.2) is 41.3 Å². The van der Waals surface area contributed by atoms with E-state index in [0.29, 0.717) is 46.4 Å². The molecule has 0 spiro atoms. The molecule has 2 aromatic heterocycles. The standard InChI is InChI=1S/C21H23N5O4S2/c1-23-11-2-12-30-17-10-9-16-20(25-17)31-21(24-16)26-19(27)18(22)13-3-5-14(6-4-13)32(28,29)15-7-8-15/h3-6,9-10,15,22-23H,2,7-8,11-12H2,1H3,(H,24,26,27). The zero-order chi connectivity index (χ0) is 22.7. The van der Waals surface area contributed by atoms with Crippen molar-refractivity contribution < 1.29 is 17.9 Å². The van der Waals surface area contributed by atoms with Crippen LogP contribution in [0.2, 0.25) is 0 Å². The first-order valence-electron chi connectivity index (χ1n) is 10.2. The van der Waals surface area contributed by atoms with E-state index in [4.69, 9.17) is 10.1 Å². The fraction of sp³-hybridized carbons (Fsp3) is 0.333. The maximum Gasteiger partial charge on any atom is 0.275 e. The minimum atomic E-state index is -3.30. The normalized spacial score (nSPS) is 13.8. The summed E-state index contributed by atoms with van der Waals surface area (Å²) in [5, 5.41) is 13.8. The zero-order valence-electron chi connectivity index (χ0n) is 17.4. The number of ether oxygens (including phenoxy) is 1. The number of pyridine rings is 1. The molecule has 1 fully saturated rings. The molecule has 1 aliphatic carbocycles. The maximum atomic E-state index is 12.5. The van der Waals surface area contributed by atoms with Gasteiger partial charge in [-0.1, -0.05) is 23.5 Å². The Morgan fingerprint density at radius 2 is 1.94 bits per heavy atom. The van der Waals surface area contributed by atoms with Gasteiger partial charge in [-0.2, -0.15) is 0 Å². The minimum absolute atomic E-state index is 0.221. The Labute approximate surface area is 189 Å². The van der Waals surface area contributed by atoms with Gasteiger partial charge in [0.2, 0.25) is 5.88 Å². The van der Waals surface area contributed by atoms with Gasteiger partial charge in [-0.3, -0.25) is 15.5 Å². The summed E-state index contributed by atoms with van der Waals surface area (Å²) in [6.07, 6.45) is 2.22. The molecular weight excluding hydrogens is 450 g/mol. The second kappa shape index (κ2) is 9.31. The largest absolute Gasteiger partial charge is 0.478 e. The van der Waals surface area contributed by atoms with Crippen LogP contribution >= 0.6 is 11.3 Å². The van der Waals surface area contributed by atoms with Crippen LogP contribution in [0.1, 0.15) is 24.8 Å². The van der Waals surface area contributed by atoms with Crippen LogP contribution in [0.3, 0.4) is 0 Å². The van der Waals surface area contributed by atoms with E-state index in [-0.39, 0.29) is 15.9 Å². The van der Waals surface area contributed by atoms with Gasteiger partial charge in [-0.15, -0.1) is 0 Å². The fourth-order valence-corrected chi connectivity index (χ4v) is 5.51. The van der Waals surface area contributed by atoms with Gasteiger partial charge >= 0.3 is 0 Å². The lowest BCUT2D eigenvalue weighted by Gasteiger charge is -2.06. The summed E-state index contributed by atoms with van der Waals surface area (Å²) in [6, 6.07) is 9.36. The number of thiazole rings is 1. The predicted molar refractivity (Wildman–Crippen MR) is 124 cm³/mol. The Bertz CT molecular complexity index is 1250. The Morgan fingerprint density at radius 3 is 2.62 bits per heavy atom. The Hall–Kier alpha value is -2.89. The molecule has 3 N–H and O–H groups in total. The highest BCUT2D eigenvalue weighted by molar-refractivity contribution is 7.92. The molecule has 0 bridgehead atoms. The van der Waals surface area contributed by atoms with E-state index in [1.165, 1.54) is 35.6 Å². The molecule has 0 aliphatic heterocycles. The summed E-state index contributed by atoms with van der Waals surface area (Å²) in [5.41, 5.74) is 0.670. The van der Waals surface area contributed by atoms with Gasteiger partial charge in [0, 0.05) is 11.6 Å². The molecular formula is C21H23N5O4S2. The second-order valence-corrected chi connectivity index (χ2v) is 10.6. The van der Waals surface area contributed by atoms with Crippen molar-refractivity contribution in [3.63, 3.8) is 0 Å². The molecule has 11 heteroatoms. The SMILES string of the molecule is CNCCCOc1ccc2nc(NC(=O)C(=N)c3ccc(S(=O)(=O)C4CC4)cc3)sc2n1. The number of amides is 1. The first-order valence-corrected chi connectivity index (χ1v) is 12.5. The Kier molecular flexibility index (Phi) is 6.49. The van der Waals surface area contributed by atoms with Crippen molar-refractivity contribution in [3.8, 4) is 5.88 Å². The van der Waals surface area contributed by atoms with E-state index < -0.39 is 15.7 Å². The smallest absolute Gasteiger partial charge is 0.275 e. The Balaban J connectivity index is 1.41. The van der Waals surface area contributed by atoms with Gasteiger partial charge in [0.05, 0.1) is 16.8 Å². The molecule has 2 heterocycles. The molecule has 0 radical (unpaired) electrons.